The minimum atomic E-state index is -0.760. The van der Waals surface area contributed by atoms with Gasteiger partial charge in [-0.1, -0.05) is 240 Å². The van der Waals surface area contributed by atoms with E-state index in [1.165, 1.54) is 173 Å². The van der Waals surface area contributed by atoms with E-state index in [0.717, 1.165) is 63.7 Å². The molecule has 1 atom stereocenters. The molecular weight excluding hydrogens is 697 g/mol. The van der Waals surface area contributed by atoms with Crippen molar-refractivity contribution in [1.29, 1.82) is 0 Å². The van der Waals surface area contributed by atoms with Gasteiger partial charge in [-0.05, 0) is 25.2 Å². The summed E-state index contributed by atoms with van der Waals surface area (Å²) in [6.45, 7) is 9.00. The van der Waals surface area contributed by atoms with Gasteiger partial charge in [0.15, 0.2) is 6.10 Å². The average Bonchev–Trinajstić information content (AvgIpc) is 3.18. The van der Waals surface area contributed by atoms with Gasteiger partial charge < -0.3 is 14.2 Å². The summed E-state index contributed by atoms with van der Waals surface area (Å²) >= 11 is 0. The monoisotopic (exact) mass is 793 g/mol. The molecule has 332 valence electrons. The Morgan fingerprint density at radius 1 is 0.339 bits per heavy atom. The van der Waals surface area contributed by atoms with Crippen molar-refractivity contribution < 1.29 is 28.6 Å². The molecule has 0 aliphatic heterocycles. The number of carbonyl (C=O) groups is 3. The molecule has 0 radical (unpaired) electrons. The van der Waals surface area contributed by atoms with Gasteiger partial charge in [0.25, 0.3) is 0 Å². The highest BCUT2D eigenvalue weighted by Crippen LogP contribution is 2.17. The van der Waals surface area contributed by atoms with Gasteiger partial charge in [0.2, 0.25) is 0 Å². The van der Waals surface area contributed by atoms with E-state index in [4.69, 9.17) is 14.2 Å². The second-order valence-electron chi connectivity index (χ2n) is 17.6. The second kappa shape index (κ2) is 44.5. The smallest absolute Gasteiger partial charge is 0.306 e. The Labute approximate surface area is 348 Å². The zero-order valence-corrected chi connectivity index (χ0v) is 38.1. The summed E-state index contributed by atoms with van der Waals surface area (Å²) in [5.41, 5.74) is 0. The van der Waals surface area contributed by atoms with Crippen molar-refractivity contribution in [3.8, 4) is 0 Å². The third-order valence-electron chi connectivity index (χ3n) is 11.3. The molecule has 56 heavy (non-hydrogen) atoms. The van der Waals surface area contributed by atoms with Crippen LogP contribution in [0.2, 0.25) is 0 Å². The molecule has 0 aromatic heterocycles. The minimum absolute atomic E-state index is 0.0632. The topological polar surface area (TPSA) is 78.9 Å². The Balaban J connectivity index is 4.29. The molecule has 6 heteroatoms. The molecule has 0 aliphatic rings. The van der Waals surface area contributed by atoms with Crippen LogP contribution >= 0.6 is 0 Å². The fourth-order valence-corrected chi connectivity index (χ4v) is 7.51. The maximum atomic E-state index is 12.7. The third kappa shape index (κ3) is 43.5. The number of rotatable bonds is 45. The fourth-order valence-electron chi connectivity index (χ4n) is 7.51. The Morgan fingerprint density at radius 3 is 0.875 bits per heavy atom. The highest BCUT2D eigenvalue weighted by molar-refractivity contribution is 5.71. The number of hydrogen-bond acceptors (Lipinski definition) is 6. The first-order chi connectivity index (χ1) is 27.4. The molecule has 0 saturated carbocycles. The third-order valence-corrected chi connectivity index (χ3v) is 11.3. The zero-order valence-electron chi connectivity index (χ0n) is 38.1. The molecule has 0 aromatic carbocycles. The van der Waals surface area contributed by atoms with Crippen LogP contribution in [-0.4, -0.2) is 37.2 Å². The summed E-state index contributed by atoms with van der Waals surface area (Å²) in [6, 6.07) is 0. The van der Waals surface area contributed by atoms with E-state index < -0.39 is 6.10 Å². The van der Waals surface area contributed by atoms with E-state index in [0.29, 0.717) is 19.3 Å². The molecule has 0 saturated heterocycles. The first-order valence-electron chi connectivity index (χ1n) is 24.9. The summed E-state index contributed by atoms with van der Waals surface area (Å²) in [5, 5.41) is 0. The Hall–Kier alpha value is -1.59. The van der Waals surface area contributed by atoms with Crippen molar-refractivity contribution in [3.05, 3.63) is 0 Å². The Bertz CT molecular complexity index is 841. The summed E-state index contributed by atoms with van der Waals surface area (Å²) in [7, 11) is 0. The number of carbonyl (C=O) groups excluding carboxylic acids is 3. The lowest BCUT2D eigenvalue weighted by atomic mass is 10.0. The van der Waals surface area contributed by atoms with E-state index in [1.807, 2.05) is 0 Å². The number of esters is 3. The zero-order chi connectivity index (χ0) is 41.0. The number of unbranched alkanes of at least 4 members (excludes halogenated alkanes) is 32. The van der Waals surface area contributed by atoms with Gasteiger partial charge in [-0.25, -0.2) is 0 Å². The van der Waals surface area contributed by atoms with Crippen LogP contribution < -0.4 is 0 Å². The summed E-state index contributed by atoms with van der Waals surface area (Å²) < 4.78 is 16.8. The minimum Gasteiger partial charge on any atom is -0.462 e. The maximum Gasteiger partial charge on any atom is 0.306 e. The number of hydrogen-bond donors (Lipinski definition) is 0. The lowest BCUT2D eigenvalue weighted by molar-refractivity contribution is -0.167. The van der Waals surface area contributed by atoms with Crippen LogP contribution in [0.25, 0.3) is 0 Å². The van der Waals surface area contributed by atoms with Crippen LogP contribution in [0.5, 0.6) is 0 Å². The molecule has 6 nitrogen and oxygen atoms in total. The van der Waals surface area contributed by atoms with Crippen molar-refractivity contribution in [2.45, 2.75) is 284 Å². The molecule has 0 bridgehead atoms. The van der Waals surface area contributed by atoms with Gasteiger partial charge in [0.1, 0.15) is 13.2 Å². The van der Waals surface area contributed by atoms with Crippen molar-refractivity contribution in [2.75, 3.05) is 13.2 Å². The molecule has 0 amide bonds. The Kier molecular flexibility index (Phi) is 43.2. The molecule has 0 unspecified atom stereocenters. The van der Waals surface area contributed by atoms with E-state index >= 15 is 0 Å². The maximum absolute atomic E-state index is 12.7. The van der Waals surface area contributed by atoms with E-state index in [-0.39, 0.29) is 31.1 Å². The van der Waals surface area contributed by atoms with E-state index in [2.05, 4.69) is 27.7 Å². The van der Waals surface area contributed by atoms with E-state index in [9.17, 15) is 14.4 Å². The summed E-state index contributed by atoms with van der Waals surface area (Å²) in [6.07, 6.45) is 45.1. The first kappa shape index (κ1) is 54.4. The molecule has 0 spiro atoms. The SMILES string of the molecule is CCCCCCCCCCCCCCCCCC(=O)OC[C@H](COC(=O)CCCCCCCCCCCC)OC(=O)CCCCCCCCCCCCC(C)C. The highest BCUT2D eigenvalue weighted by atomic mass is 16.6. The van der Waals surface area contributed by atoms with Crippen molar-refractivity contribution in [2.24, 2.45) is 5.92 Å². The molecule has 0 heterocycles. The van der Waals surface area contributed by atoms with Crippen LogP contribution in [0, 0.1) is 5.92 Å². The van der Waals surface area contributed by atoms with Crippen LogP contribution in [0.3, 0.4) is 0 Å². The van der Waals surface area contributed by atoms with Gasteiger partial charge in [0, 0.05) is 19.3 Å². The van der Waals surface area contributed by atoms with Crippen LogP contribution in [0.15, 0.2) is 0 Å². The van der Waals surface area contributed by atoms with Gasteiger partial charge in [-0.15, -0.1) is 0 Å². The summed E-state index contributed by atoms with van der Waals surface area (Å²) in [5.74, 6) is -0.0328. The Morgan fingerprint density at radius 2 is 0.589 bits per heavy atom. The highest BCUT2D eigenvalue weighted by Gasteiger charge is 2.19. The predicted molar refractivity (Wildman–Crippen MR) is 238 cm³/mol. The van der Waals surface area contributed by atoms with Crippen LogP contribution in [0.4, 0.5) is 0 Å². The van der Waals surface area contributed by atoms with Gasteiger partial charge in [0.05, 0.1) is 0 Å². The standard InChI is InChI=1S/C50H96O6/c1-5-7-9-11-13-15-17-18-19-20-21-26-30-34-38-42-49(52)55-45-47(44-54-48(51)41-37-33-29-25-16-14-12-10-8-6-2)56-50(53)43-39-35-31-27-23-22-24-28-32-36-40-46(3)4/h46-47H,5-45H2,1-4H3/t47-/m0/s1. The summed E-state index contributed by atoms with van der Waals surface area (Å²) in [4.78, 5) is 37.8. The molecule has 0 fully saturated rings. The molecule has 0 aliphatic carbocycles. The van der Waals surface area contributed by atoms with Crippen LogP contribution in [-0.2, 0) is 28.6 Å². The van der Waals surface area contributed by atoms with Gasteiger partial charge >= 0.3 is 17.9 Å². The lowest BCUT2D eigenvalue weighted by Crippen LogP contribution is -2.30. The fraction of sp³-hybridized carbons (Fsp3) is 0.940. The average molecular weight is 793 g/mol. The van der Waals surface area contributed by atoms with Crippen LogP contribution in [0.1, 0.15) is 278 Å². The first-order valence-corrected chi connectivity index (χ1v) is 24.9. The molecule has 0 N–H and O–H groups in total. The quantitative estimate of drug-likeness (QED) is 0.0347. The van der Waals surface area contributed by atoms with E-state index in [1.54, 1.807) is 0 Å². The van der Waals surface area contributed by atoms with Crippen molar-refractivity contribution in [1.82, 2.24) is 0 Å². The van der Waals surface area contributed by atoms with Gasteiger partial charge in [-0.2, -0.15) is 0 Å². The largest absolute Gasteiger partial charge is 0.462 e. The molecular formula is C50H96O6. The van der Waals surface area contributed by atoms with Gasteiger partial charge in [-0.3, -0.25) is 14.4 Å². The number of ether oxygens (including phenoxy) is 3. The van der Waals surface area contributed by atoms with Crippen molar-refractivity contribution in [3.63, 3.8) is 0 Å². The second-order valence-corrected chi connectivity index (χ2v) is 17.6. The lowest BCUT2D eigenvalue weighted by Gasteiger charge is -2.18. The van der Waals surface area contributed by atoms with Crippen molar-refractivity contribution >= 4 is 17.9 Å². The predicted octanol–water partition coefficient (Wildman–Crippen LogP) is 15.9. The molecule has 0 aromatic rings. The molecule has 0 rings (SSSR count). The normalized spacial score (nSPS) is 11.9.